The third kappa shape index (κ3) is 3.02. The maximum absolute atomic E-state index is 2.50. The van der Waals surface area contributed by atoms with Crippen molar-refractivity contribution < 1.29 is 0 Å². The van der Waals surface area contributed by atoms with Crippen LogP contribution in [0.25, 0.3) is 75.2 Å². The number of hydrogen-bond acceptors (Lipinski definition) is 2. The molecular weight excluding hydrogens is 579 g/mol. The average molecular weight is 604 g/mol. The highest BCUT2D eigenvalue weighted by atomic mass is 32.1. The Labute approximate surface area is 268 Å². The first kappa shape index (κ1) is 24.5. The lowest BCUT2D eigenvalue weighted by atomic mass is 10.1. The molecule has 1 aliphatic rings. The predicted molar refractivity (Wildman–Crippen MR) is 196 cm³/mol. The van der Waals surface area contributed by atoms with Gasteiger partial charge in [0.15, 0.2) is 0 Å². The van der Waals surface area contributed by atoms with Gasteiger partial charge in [0.05, 0.1) is 49.5 Å². The minimum Gasteiger partial charge on any atom is -0.309 e. The summed E-state index contributed by atoms with van der Waals surface area (Å²) in [7, 11) is 0. The molecule has 0 radical (unpaired) electrons. The maximum Gasteiger partial charge on any atom is 0.0784 e. The Kier molecular flexibility index (Phi) is 4.72. The molecule has 0 atom stereocenters. The van der Waals surface area contributed by atoms with Crippen LogP contribution >= 0.6 is 11.3 Å². The van der Waals surface area contributed by atoms with Crippen molar-refractivity contribution in [3.8, 4) is 11.4 Å². The fraction of sp³-hybridized carbons (Fsp3) is 0. The Morgan fingerprint density at radius 2 is 1.04 bits per heavy atom. The highest BCUT2D eigenvalue weighted by molar-refractivity contribution is 7.26. The Morgan fingerprint density at radius 3 is 1.93 bits per heavy atom. The molecule has 0 amide bonds. The lowest BCUT2D eigenvalue weighted by Crippen LogP contribution is -2.18. The van der Waals surface area contributed by atoms with Crippen molar-refractivity contribution in [2.45, 2.75) is 0 Å². The van der Waals surface area contributed by atoms with Gasteiger partial charge in [-0.2, -0.15) is 0 Å². The first-order valence-corrected chi connectivity index (χ1v) is 16.5. The summed E-state index contributed by atoms with van der Waals surface area (Å²) in [5.74, 6) is 0. The highest BCUT2D eigenvalue weighted by Gasteiger charge is 2.31. The smallest absolute Gasteiger partial charge is 0.0784 e. The lowest BCUT2D eigenvalue weighted by molar-refractivity contribution is 1.12. The van der Waals surface area contributed by atoms with E-state index in [0.29, 0.717) is 0 Å². The molecule has 0 saturated carbocycles. The van der Waals surface area contributed by atoms with E-state index in [0.717, 1.165) is 0 Å². The third-order valence-corrected chi connectivity index (χ3v) is 11.0. The van der Waals surface area contributed by atoms with E-state index in [-0.39, 0.29) is 0 Å². The van der Waals surface area contributed by atoms with Gasteiger partial charge in [-0.1, -0.05) is 97.1 Å². The van der Waals surface area contributed by atoms with Gasteiger partial charge in [0.2, 0.25) is 0 Å². The molecule has 0 N–H and O–H groups in total. The largest absolute Gasteiger partial charge is 0.309 e. The quantitative estimate of drug-likeness (QED) is 0.192. The third-order valence-electron chi connectivity index (χ3n) is 9.81. The normalized spacial score (nSPS) is 12.7. The molecule has 1 aliphatic heterocycles. The van der Waals surface area contributed by atoms with Gasteiger partial charge in [0.1, 0.15) is 0 Å². The second-order valence-corrected chi connectivity index (χ2v) is 13.2. The fourth-order valence-corrected chi connectivity index (χ4v) is 9.21. The standard InChI is InChI=1S/C42H25N3S/c1-2-12-26(13-3-1)43-32-18-6-4-14-27(32)29-24-25-35-39(41(29)43)31-17-11-21-36-40(31)45(35)34-20-8-7-19-33(34)44(36)37-22-10-16-30-28-15-5-9-23-38(28)46-42(30)37/h1-25H. The van der Waals surface area contributed by atoms with Crippen LogP contribution in [0.5, 0.6) is 0 Å². The van der Waals surface area contributed by atoms with Crippen molar-refractivity contribution in [2.75, 3.05) is 4.90 Å². The number of aromatic nitrogens is 2. The van der Waals surface area contributed by atoms with E-state index in [1.165, 1.54) is 92.2 Å². The van der Waals surface area contributed by atoms with Crippen molar-refractivity contribution in [1.29, 1.82) is 0 Å². The SMILES string of the molecule is c1ccc(-n2c3ccccc3c3ccc4c(c5cccc6c5n4-c4ccccc4N6c4cccc5c4sc4ccccc45)c32)cc1. The van der Waals surface area contributed by atoms with Gasteiger partial charge >= 0.3 is 0 Å². The Bertz CT molecular complexity index is 2870. The van der Waals surface area contributed by atoms with E-state index in [2.05, 4.69) is 166 Å². The average Bonchev–Trinajstić information content (AvgIpc) is 3.78. The molecule has 0 bridgehead atoms. The van der Waals surface area contributed by atoms with Crippen molar-refractivity contribution in [2.24, 2.45) is 0 Å². The van der Waals surface area contributed by atoms with Gasteiger partial charge in [0.25, 0.3) is 0 Å². The van der Waals surface area contributed by atoms with Crippen LogP contribution in [0.15, 0.2) is 152 Å². The molecule has 3 nitrogen and oxygen atoms in total. The second kappa shape index (κ2) is 8.87. The first-order chi connectivity index (χ1) is 22.9. The second-order valence-electron chi connectivity index (χ2n) is 12.1. The number of benzene rings is 7. The molecule has 0 fully saturated rings. The minimum absolute atomic E-state index is 1.17. The van der Waals surface area contributed by atoms with Crippen LogP contribution in [-0.2, 0) is 0 Å². The molecule has 0 spiro atoms. The summed E-state index contributed by atoms with van der Waals surface area (Å²) in [5, 5.41) is 7.72. The number of anilines is 3. The summed E-state index contributed by atoms with van der Waals surface area (Å²) >= 11 is 1.88. The monoisotopic (exact) mass is 603 g/mol. The summed E-state index contributed by atoms with van der Waals surface area (Å²) in [6.07, 6.45) is 0. The fourth-order valence-electron chi connectivity index (χ4n) is 8.00. The van der Waals surface area contributed by atoms with Crippen LogP contribution in [0.3, 0.4) is 0 Å². The van der Waals surface area contributed by atoms with Gasteiger partial charge in [-0.05, 0) is 54.6 Å². The number of fused-ring (bicyclic) bond motifs is 12. The topological polar surface area (TPSA) is 13.1 Å². The van der Waals surface area contributed by atoms with Crippen LogP contribution in [-0.4, -0.2) is 9.13 Å². The number of rotatable bonds is 2. The summed E-state index contributed by atoms with van der Waals surface area (Å²) in [6, 6.07) is 55.5. The number of thiophene rings is 1. The summed E-state index contributed by atoms with van der Waals surface area (Å²) in [4.78, 5) is 2.50. The van der Waals surface area contributed by atoms with Crippen molar-refractivity contribution in [3.63, 3.8) is 0 Å². The zero-order valence-electron chi connectivity index (χ0n) is 24.7. The highest BCUT2D eigenvalue weighted by Crippen LogP contribution is 2.53. The van der Waals surface area contributed by atoms with Crippen molar-refractivity contribution >= 4 is 92.2 Å². The molecule has 11 rings (SSSR count). The van der Waals surface area contributed by atoms with E-state index < -0.39 is 0 Å². The van der Waals surface area contributed by atoms with Gasteiger partial charge in [0, 0.05) is 42.7 Å². The molecule has 0 unspecified atom stereocenters. The van der Waals surface area contributed by atoms with E-state index in [9.17, 15) is 0 Å². The molecule has 4 heteroatoms. The molecular formula is C42H25N3S. The molecule has 3 aromatic heterocycles. The molecule has 214 valence electrons. The van der Waals surface area contributed by atoms with E-state index >= 15 is 0 Å². The Hall–Kier alpha value is -5.84. The first-order valence-electron chi connectivity index (χ1n) is 15.7. The van der Waals surface area contributed by atoms with Crippen LogP contribution < -0.4 is 4.90 Å². The number of nitrogens with zero attached hydrogens (tertiary/aromatic N) is 3. The predicted octanol–water partition coefficient (Wildman–Crippen LogP) is 12.0. The van der Waals surface area contributed by atoms with Crippen LogP contribution in [0, 0.1) is 0 Å². The van der Waals surface area contributed by atoms with Gasteiger partial charge in [-0.25, -0.2) is 0 Å². The zero-order chi connectivity index (χ0) is 29.9. The Morgan fingerprint density at radius 1 is 0.370 bits per heavy atom. The molecule has 46 heavy (non-hydrogen) atoms. The van der Waals surface area contributed by atoms with Crippen molar-refractivity contribution in [3.05, 3.63) is 152 Å². The van der Waals surface area contributed by atoms with Crippen molar-refractivity contribution in [1.82, 2.24) is 9.13 Å². The zero-order valence-corrected chi connectivity index (χ0v) is 25.5. The summed E-state index contributed by atoms with van der Waals surface area (Å²) in [6.45, 7) is 0. The molecule has 0 saturated heterocycles. The van der Waals surface area contributed by atoms with E-state index in [1.54, 1.807) is 0 Å². The Balaban J connectivity index is 1.32. The van der Waals surface area contributed by atoms with Crippen LogP contribution in [0.2, 0.25) is 0 Å². The van der Waals surface area contributed by atoms with Crippen LogP contribution in [0.1, 0.15) is 0 Å². The molecule has 10 aromatic rings. The van der Waals surface area contributed by atoms with Crippen LogP contribution in [0.4, 0.5) is 17.1 Å². The van der Waals surface area contributed by atoms with E-state index in [4.69, 9.17) is 0 Å². The number of hydrogen-bond donors (Lipinski definition) is 0. The van der Waals surface area contributed by atoms with Gasteiger partial charge in [-0.3, -0.25) is 0 Å². The van der Waals surface area contributed by atoms with Gasteiger partial charge in [-0.15, -0.1) is 11.3 Å². The van der Waals surface area contributed by atoms with Gasteiger partial charge < -0.3 is 14.0 Å². The minimum atomic E-state index is 1.17. The molecule has 4 heterocycles. The van der Waals surface area contributed by atoms with E-state index in [1.807, 2.05) is 11.3 Å². The summed E-state index contributed by atoms with van der Waals surface area (Å²) in [5.41, 5.74) is 10.9. The molecule has 7 aromatic carbocycles. The number of para-hydroxylation sites is 5. The molecule has 0 aliphatic carbocycles. The lowest BCUT2D eigenvalue weighted by Gasteiger charge is -2.33. The maximum atomic E-state index is 2.50. The summed E-state index contributed by atoms with van der Waals surface area (Å²) < 4.78 is 7.59.